The van der Waals surface area contributed by atoms with Crippen LogP contribution in [0.3, 0.4) is 0 Å². The molecular weight excluding hydrogens is 322 g/mol. The van der Waals surface area contributed by atoms with Crippen molar-refractivity contribution in [3.63, 3.8) is 0 Å². The van der Waals surface area contributed by atoms with Crippen molar-refractivity contribution < 1.29 is 13.5 Å². The molecule has 0 unspecified atom stereocenters. The van der Waals surface area contributed by atoms with Crippen LogP contribution in [-0.2, 0) is 15.8 Å². The Labute approximate surface area is 135 Å². The van der Waals surface area contributed by atoms with E-state index in [9.17, 15) is 13.5 Å². The molecular formula is C16H18ClNO3S. The van der Waals surface area contributed by atoms with Crippen LogP contribution in [0.25, 0.3) is 0 Å². The van der Waals surface area contributed by atoms with E-state index in [1.807, 2.05) is 30.3 Å². The van der Waals surface area contributed by atoms with E-state index in [0.717, 1.165) is 5.56 Å². The van der Waals surface area contributed by atoms with E-state index in [1.54, 1.807) is 24.3 Å². The molecule has 0 heterocycles. The van der Waals surface area contributed by atoms with Gasteiger partial charge in [-0.2, -0.15) is 0 Å². The maximum absolute atomic E-state index is 12.0. The fourth-order valence-corrected chi connectivity index (χ4v) is 3.54. The van der Waals surface area contributed by atoms with E-state index in [-0.39, 0.29) is 12.3 Å². The van der Waals surface area contributed by atoms with Crippen molar-refractivity contribution in [2.75, 3.05) is 6.54 Å². The maximum Gasteiger partial charge on any atom is 0.215 e. The molecule has 2 N–H and O–H groups in total. The molecule has 0 aliphatic heterocycles. The first kappa shape index (κ1) is 17.0. The first-order valence-corrected chi connectivity index (χ1v) is 8.95. The Morgan fingerprint density at radius 1 is 1.05 bits per heavy atom. The standard InChI is InChI=1S/C16H18ClNO3S/c17-15-9-5-4-8-14(15)12-22(20,21)18-11-10-16(19)13-6-2-1-3-7-13/h1-9,16,18-19H,10-12H2/t16-/m1/s1. The van der Waals surface area contributed by atoms with Gasteiger partial charge in [0.15, 0.2) is 0 Å². The molecule has 0 saturated heterocycles. The lowest BCUT2D eigenvalue weighted by Gasteiger charge is -2.12. The minimum atomic E-state index is -3.48. The Morgan fingerprint density at radius 2 is 1.68 bits per heavy atom. The second kappa shape index (κ2) is 7.74. The van der Waals surface area contributed by atoms with Gasteiger partial charge in [0.1, 0.15) is 0 Å². The van der Waals surface area contributed by atoms with Gasteiger partial charge in [-0.15, -0.1) is 0 Å². The summed E-state index contributed by atoms with van der Waals surface area (Å²) in [6.45, 7) is 0.169. The van der Waals surface area contributed by atoms with Gasteiger partial charge in [0.2, 0.25) is 10.0 Å². The Balaban J connectivity index is 1.87. The van der Waals surface area contributed by atoms with Gasteiger partial charge in [0, 0.05) is 11.6 Å². The van der Waals surface area contributed by atoms with Crippen LogP contribution in [0.2, 0.25) is 5.02 Å². The molecule has 0 fully saturated rings. The zero-order valence-electron chi connectivity index (χ0n) is 11.9. The lowest BCUT2D eigenvalue weighted by Crippen LogP contribution is -2.27. The molecule has 2 rings (SSSR count). The molecule has 22 heavy (non-hydrogen) atoms. The lowest BCUT2D eigenvalue weighted by molar-refractivity contribution is 0.169. The molecule has 6 heteroatoms. The van der Waals surface area contributed by atoms with Gasteiger partial charge >= 0.3 is 0 Å². The van der Waals surface area contributed by atoms with E-state index < -0.39 is 16.1 Å². The van der Waals surface area contributed by atoms with Crippen molar-refractivity contribution in [2.45, 2.75) is 18.3 Å². The highest BCUT2D eigenvalue weighted by molar-refractivity contribution is 7.88. The highest BCUT2D eigenvalue weighted by Crippen LogP contribution is 2.18. The zero-order chi connectivity index (χ0) is 16.0. The van der Waals surface area contributed by atoms with Crippen LogP contribution in [0, 0.1) is 0 Å². The number of halogens is 1. The zero-order valence-corrected chi connectivity index (χ0v) is 13.5. The number of hydrogen-bond donors (Lipinski definition) is 2. The summed E-state index contributed by atoms with van der Waals surface area (Å²) in [7, 11) is -3.48. The van der Waals surface area contributed by atoms with E-state index >= 15 is 0 Å². The molecule has 2 aromatic rings. The molecule has 4 nitrogen and oxygen atoms in total. The van der Waals surface area contributed by atoms with Gasteiger partial charge in [-0.1, -0.05) is 60.1 Å². The van der Waals surface area contributed by atoms with Crippen LogP contribution >= 0.6 is 11.6 Å². The summed E-state index contributed by atoms with van der Waals surface area (Å²) in [5.74, 6) is -0.173. The van der Waals surface area contributed by atoms with Crippen LogP contribution in [0.4, 0.5) is 0 Å². The third-order valence-electron chi connectivity index (χ3n) is 3.23. The van der Waals surface area contributed by atoms with Crippen molar-refractivity contribution in [3.8, 4) is 0 Å². The number of hydrogen-bond acceptors (Lipinski definition) is 3. The molecule has 0 aliphatic rings. The van der Waals surface area contributed by atoms with Crippen LogP contribution in [-0.4, -0.2) is 20.1 Å². The van der Waals surface area contributed by atoms with Crippen LogP contribution in [0.1, 0.15) is 23.7 Å². The van der Waals surface area contributed by atoms with Gasteiger partial charge in [0.25, 0.3) is 0 Å². The highest BCUT2D eigenvalue weighted by atomic mass is 35.5. The van der Waals surface area contributed by atoms with Crippen LogP contribution < -0.4 is 4.72 Å². The minimum absolute atomic E-state index is 0.169. The molecule has 118 valence electrons. The van der Waals surface area contributed by atoms with Crippen molar-refractivity contribution >= 4 is 21.6 Å². The Kier molecular flexibility index (Phi) is 5.97. The third-order valence-corrected chi connectivity index (χ3v) is 4.93. The van der Waals surface area contributed by atoms with Crippen molar-refractivity contribution in [1.82, 2.24) is 4.72 Å². The summed E-state index contributed by atoms with van der Waals surface area (Å²) in [4.78, 5) is 0. The molecule has 0 saturated carbocycles. The maximum atomic E-state index is 12.0. The van der Waals surface area contributed by atoms with E-state index in [2.05, 4.69) is 4.72 Å². The number of nitrogens with one attached hydrogen (secondary N) is 1. The van der Waals surface area contributed by atoms with E-state index in [0.29, 0.717) is 17.0 Å². The molecule has 0 aliphatic carbocycles. The molecule has 1 atom stereocenters. The summed E-state index contributed by atoms with van der Waals surface area (Å²) in [6.07, 6.45) is -0.379. The van der Waals surface area contributed by atoms with Gasteiger partial charge in [0.05, 0.1) is 11.9 Å². The molecule has 0 spiro atoms. The highest BCUT2D eigenvalue weighted by Gasteiger charge is 2.14. The first-order chi connectivity index (χ1) is 10.5. The average molecular weight is 340 g/mol. The van der Waals surface area contributed by atoms with E-state index in [4.69, 9.17) is 11.6 Å². The van der Waals surface area contributed by atoms with Crippen molar-refractivity contribution in [3.05, 3.63) is 70.7 Å². The number of benzene rings is 2. The monoisotopic (exact) mass is 339 g/mol. The SMILES string of the molecule is O=S(=O)(Cc1ccccc1Cl)NCC[C@@H](O)c1ccccc1. The second-order valence-electron chi connectivity index (χ2n) is 4.96. The summed E-state index contributed by atoms with van der Waals surface area (Å²) >= 11 is 5.96. The van der Waals surface area contributed by atoms with Crippen molar-refractivity contribution in [2.24, 2.45) is 0 Å². The smallest absolute Gasteiger partial charge is 0.215 e. The van der Waals surface area contributed by atoms with E-state index in [1.165, 1.54) is 0 Å². The Morgan fingerprint density at radius 3 is 2.36 bits per heavy atom. The largest absolute Gasteiger partial charge is 0.388 e. The normalized spacial score (nSPS) is 13.0. The number of rotatable bonds is 7. The Hall–Kier alpha value is -1.40. The number of aliphatic hydroxyl groups is 1. The van der Waals surface area contributed by atoms with Gasteiger partial charge in [-0.05, 0) is 23.6 Å². The van der Waals surface area contributed by atoms with Crippen LogP contribution in [0.15, 0.2) is 54.6 Å². The van der Waals surface area contributed by atoms with Gasteiger partial charge in [-0.25, -0.2) is 13.1 Å². The quantitative estimate of drug-likeness (QED) is 0.815. The fraction of sp³-hybridized carbons (Fsp3) is 0.250. The summed E-state index contributed by atoms with van der Waals surface area (Å²) in [5.41, 5.74) is 1.33. The fourth-order valence-electron chi connectivity index (χ4n) is 2.06. The van der Waals surface area contributed by atoms with Gasteiger partial charge < -0.3 is 5.11 Å². The summed E-state index contributed by atoms with van der Waals surface area (Å²) in [5, 5.41) is 10.4. The van der Waals surface area contributed by atoms with Crippen LogP contribution in [0.5, 0.6) is 0 Å². The predicted octanol–water partition coefficient (Wildman–Crippen LogP) is 2.88. The van der Waals surface area contributed by atoms with Crippen molar-refractivity contribution in [1.29, 1.82) is 0 Å². The Bertz CT molecular complexity index is 704. The number of aliphatic hydroxyl groups excluding tert-OH is 1. The van der Waals surface area contributed by atoms with Gasteiger partial charge in [-0.3, -0.25) is 0 Å². The predicted molar refractivity (Wildman–Crippen MR) is 88.1 cm³/mol. The summed E-state index contributed by atoms with van der Waals surface area (Å²) in [6, 6.07) is 16.0. The topological polar surface area (TPSA) is 66.4 Å². The first-order valence-electron chi connectivity index (χ1n) is 6.92. The molecule has 0 bridgehead atoms. The third kappa shape index (κ3) is 5.10. The second-order valence-corrected chi connectivity index (χ2v) is 7.17. The molecule has 2 aromatic carbocycles. The molecule has 0 aromatic heterocycles. The molecule has 0 amide bonds. The number of sulfonamides is 1. The minimum Gasteiger partial charge on any atom is -0.388 e. The lowest BCUT2D eigenvalue weighted by atomic mass is 10.1. The molecule has 0 radical (unpaired) electrons. The summed E-state index contributed by atoms with van der Waals surface area (Å²) < 4.78 is 26.5. The average Bonchev–Trinajstić information content (AvgIpc) is 2.50.